The zero-order valence-electron chi connectivity index (χ0n) is 14.5. The first-order valence-electron chi connectivity index (χ1n) is 8.69. The quantitative estimate of drug-likeness (QED) is 0.846. The van der Waals surface area contributed by atoms with Crippen molar-refractivity contribution in [2.75, 3.05) is 70.5 Å². The molecular formula is C17H23F2N3O4. The van der Waals surface area contributed by atoms with Gasteiger partial charge in [0.1, 0.15) is 18.0 Å². The minimum Gasteiger partial charge on any atom is -0.492 e. The average Bonchev–Trinajstić information content (AvgIpc) is 2.62. The van der Waals surface area contributed by atoms with Gasteiger partial charge in [-0.25, -0.2) is 13.6 Å². The SMILES string of the molecule is O=C(O)N1CCN(c2c(F)cc(OCCN3CCOCC3)cc2F)CC1. The van der Waals surface area contributed by atoms with Crippen LogP contribution in [0.5, 0.6) is 5.75 Å². The molecule has 0 unspecified atom stereocenters. The number of ether oxygens (including phenoxy) is 2. The topological polar surface area (TPSA) is 65.5 Å². The van der Waals surface area contributed by atoms with E-state index in [0.29, 0.717) is 26.4 Å². The second-order valence-corrected chi connectivity index (χ2v) is 6.29. The Labute approximate surface area is 150 Å². The van der Waals surface area contributed by atoms with Gasteiger partial charge in [-0.2, -0.15) is 0 Å². The van der Waals surface area contributed by atoms with Crippen molar-refractivity contribution >= 4 is 11.8 Å². The van der Waals surface area contributed by atoms with E-state index in [1.807, 2.05) is 0 Å². The van der Waals surface area contributed by atoms with E-state index < -0.39 is 17.7 Å². The summed E-state index contributed by atoms with van der Waals surface area (Å²) in [6, 6.07) is 2.36. The summed E-state index contributed by atoms with van der Waals surface area (Å²) in [5, 5.41) is 8.95. The van der Waals surface area contributed by atoms with Crippen LogP contribution in [0.25, 0.3) is 0 Å². The Hall–Kier alpha value is -2.13. The third kappa shape index (κ3) is 4.53. The van der Waals surface area contributed by atoms with Gasteiger partial charge in [-0.05, 0) is 0 Å². The number of anilines is 1. The first-order valence-corrected chi connectivity index (χ1v) is 8.69. The van der Waals surface area contributed by atoms with Gasteiger partial charge < -0.3 is 24.4 Å². The molecule has 2 heterocycles. The highest BCUT2D eigenvalue weighted by Crippen LogP contribution is 2.29. The molecule has 2 fully saturated rings. The fraction of sp³-hybridized carbons (Fsp3) is 0.588. The van der Waals surface area contributed by atoms with E-state index in [0.717, 1.165) is 13.1 Å². The minimum atomic E-state index is -1.02. The van der Waals surface area contributed by atoms with Crippen molar-refractivity contribution in [3.8, 4) is 5.75 Å². The van der Waals surface area contributed by atoms with E-state index in [1.54, 1.807) is 0 Å². The second kappa shape index (κ2) is 8.50. The van der Waals surface area contributed by atoms with Crippen LogP contribution in [-0.2, 0) is 4.74 Å². The third-order valence-corrected chi connectivity index (χ3v) is 4.64. The van der Waals surface area contributed by atoms with Crippen molar-refractivity contribution in [1.29, 1.82) is 0 Å². The molecule has 0 radical (unpaired) electrons. The number of morpholine rings is 1. The molecule has 0 aliphatic carbocycles. The maximum Gasteiger partial charge on any atom is 0.407 e. The molecule has 7 nitrogen and oxygen atoms in total. The lowest BCUT2D eigenvalue weighted by Crippen LogP contribution is -2.48. The smallest absolute Gasteiger partial charge is 0.407 e. The largest absolute Gasteiger partial charge is 0.492 e. The number of hydrogen-bond acceptors (Lipinski definition) is 5. The van der Waals surface area contributed by atoms with Crippen LogP contribution in [0.2, 0.25) is 0 Å². The van der Waals surface area contributed by atoms with Crippen molar-refractivity contribution < 1.29 is 28.2 Å². The summed E-state index contributed by atoms with van der Waals surface area (Å²) in [5.74, 6) is -1.24. The highest BCUT2D eigenvalue weighted by Gasteiger charge is 2.25. The van der Waals surface area contributed by atoms with Crippen LogP contribution >= 0.6 is 0 Å². The molecule has 0 spiro atoms. The number of nitrogens with zero attached hydrogens (tertiary/aromatic N) is 3. The molecule has 1 N–H and O–H groups in total. The Bertz CT molecular complexity index is 609. The Kier molecular flexibility index (Phi) is 6.10. The standard InChI is InChI=1S/C17H23F2N3O4/c18-14-11-13(26-10-7-20-5-8-25-9-6-20)12-15(19)16(14)21-1-3-22(4-2-21)17(23)24/h11-12H,1-10H2,(H,23,24). The molecule has 9 heteroatoms. The normalized spacial score (nSPS) is 18.8. The molecule has 1 amide bonds. The fourth-order valence-electron chi connectivity index (χ4n) is 3.17. The Morgan fingerprint density at radius 2 is 1.69 bits per heavy atom. The summed E-state index contributed by atoms with van der Waals surface area (Å²) in [6.45, 7) is 4.97. The molecule has 2 saturated heterocycles. The fourth-order valence-corrected chi connectivity index (χ4v) is 3.17. The average molecular weight is 371 g/mol. The van der Waals surface area contributed by atoms with E-state index in [-0.39, 0.29) is 37.6 Å². The number of carbonyl (C=O) groups is 1. The Morgan fingerprint density at radius 1 is 1.08 bits per heavy atom. The monoisotopic (exact) mass is 371 g/mol. The zero-order valence-corrected chi connectivity index (χ0v) is 14.5. The second-order valence-electron chi connectivity index (χ2n) is 6.29. The molecule has 0 aromatic heterocycles. The van der Waals surface area contributed by atoms with E-state index in [4.69, 9.17) is 14.6 Å². The number of halogens is 2. The molecule has 26 heavy (non-hydrogen) atoms. The number of rotatable bonds is 5. The number of amides is 1. The molecule has 0 bridgehead atoms. The zero-order chi connectivity index (χ0) is 18.5. The van der Waals surface area contributed by atoms with Gasteiger partial charge in [-0.1, -0.05) is 0 Å². The van der Waals surface area contributed by atoms with E-state index >= 15 is 0 Å². The highest BCUT2D eigenvalue weighted by molar-refractivity contribution is 5.65. The summed E-state index contributed by atoms with van der Waals surface area (Å²) in [6.07, 6.45) is -1.02. The molecule has 1 aromatic carbocycles. The van der Waals surface area contributed by atoms with Crippen LogP contribution in [0.1, 0.15) is 0 Å². The molecule has 2 aliphatic heterocycles. The number of piperazine rings is 1. The Balaban J connectivity index is 1.57. The van der Waals surface area contributed by atoms with Gasteiger partial charge >= 0.3 is 6.09 Å². The molecule has 0 saturated carbocycles. The van der Waals surface area contributed by atoms with Crippen molar-refractivity contribution in [3.63, 3.8) is 0 Å². The van der Waals surface area contributed by atoms with Crippen molar-refractivity contribution in [3.05, 3.63) is 23.8 Å². The molecule has 2 aliphatic rings. The first-order chi connectivity index (χ1) is 12.5. The van der Waals surface area contributed by atoms with E-state index in [2.05, 4.69) is 4.90 Å². The van der Waals surface area contributed by atoms with Crippen molar-refractivity contribution in [2.24, 2.45) is 0 Å². The predicted octanol–water partition coefficient (Wildman–Crippen LogP) is 1.48. The molecular weight excluding hydrogens is 348 g/mol. The van der Waals surface area contributed by atoms with Crippen LogP contribution in [-0.4, -0.2) is 86.6 Å². The lowest BCUT2D eigenvalue weighted by atomic mass is 10.2. The van der Waals surface area contributed by atoms with Crippen LogP contribution < -0.4 is 9.64 Å². The maximum atomic E-state index is 14.4. The van der Waals surface area contributed by atoms with Crippen LogP contribution in [0.4, 0.5) is 19.3 Å². The Morgan fingerprint density at radius 3 is 2.27 bits per heavy atom. The lowest BCUT2D eigenvalue weighted by molar-refractivity contribution is 0.0322. The summed E-state index contributed by atoms with van der Waals surface area (Å²) >= 11 is 0. The number of benzene rings is 1. The van der Waals surface area contributed by atoms with Gasteiger partial charge in [0.05, 0.1) is 13.2 Å². The number of hydrogen-bond donors (Lipinski definition) is 1. The van der Waals surface area contributed by atoms with E-state index in [1.165, 1.54) is 21.9 Å². The third-order valence-electron chi connectivity index (χ3n) is 4.64. The molecule has 1 aromatic rings. The predicted molar refractivity (Wildman–Crippen MR) is 90.9 cm³/mol. The molecule has 144 valence electrons. The first kappa shape index (κ1) is 18.7. The molecule has 0 atom stereocenters. The summed E-state index contributed by atoms with van der Waals surface area (Å²) in [4.78, 5) is 15.9. The van der Waals surface area contributed by atoms with Crippen LogP contribution in [0, 0.1) is 11.6 Å². The van der Waals surface area contributed by atoms with Gasteiger partial charge in [0, 0.05) is 57.9 Å². The lowest BCUT2D eigenvalue weighted by Gasteiger charge is -2.34. The summed E-state index contributed by atoms with van der Waals surface area (Å²) in [5.41, 5.74) is -0.129. The minimum absolute atomic E-state index is 0.129. The summed E-state index contributed by atoms with van der Waals surface area (Å²) in [7, 11) is 0. The molecule has 3 rings (SSSR count). The van der Waals surface area contributed by atoms with Crippen LogP contribution in [0.3, 0.4) is 0 Å². The van der Waals surface area contributed by atoms with Crippen molar-refractivity contribution in [1.82, 2.24) is 9.80 Å². The highest BCUT2D eigenvalue weighted by atomic mass is 19.1. The van der Waals surface area contributed by atoms with E-state index in [9.17, 15) is 13.6 Å². The maximum absolute atomic E-state index is 14.4. The van der Waals surface area contributed by atoms with Crippen molar-refractivity contribution in [2.45, 2.75) is 0 Å². The van der Waals surface area contributed by atoms with Gasteiger partial charge in [-0.15, -0.1) is 0 Å². The number of carboxylic acid groups (broad SMARTS) is 1. The van der Waals surface area contributed by atoms with Crippen LogP contribution in [0.15, 0.2) is 12.1 Å². The van der Waals surface area contributed by atoms with Gasteiger partial charge in [0.2, 0.25) is 0 Å². The summed E-state index contributed by atoms with van der Waals surface area (Å²) < 4.78 is 39.6. The van der Waals surface area contributed by atoms with Gasteiger partial charge in [0.15, 0.2) is 11.6 Å². The van der Waals surface area contributed by atoms with Gasteiger partial charge in [0.25, 0.3) is 0 Å². The van der Waals surface area contributed by atoms with Gasteiger partial charge in [-0.3, -0.25) is 4.90 Å².